The van der Waals surface area contributed by atoms with Gasteiger partial charge in [-0.15, -0.1) is 0 Å². The number of hydrogen-bond donors (Lipinski definition) is 1. The normalized spacial score (nSPS) is 21.3. The fourth-order valence-corrected chi connectivity index (χ4v) is 3.53. The Morgan fingerprint density at radius 1 is 1.20 bits per heavy atom. The number of carbonyl (C=O) groups is 2. The predicted molar refractivity (Wildman–Crippen MR) is 71.7 cm³/mol. The fourth-order valence-electron chi connectivity index (χ4n) is 3.53. The molecule has 1 aliphatic carbocycles. The second kappa shape index (κ2) is 4.96. The van der Waals surface area contributed by atoms with Crippen molar-refractivity contribution in [1.29, 1.82) is 0 Å². The maximum Gasteiger partial charge on any atom is 0.338 e. The highest BCUT2D eigenvalue weighted by atomic mass is 16.4. The third kappa shape index (κ3) is 2.32. The van der Waals surface area contributed by atoms with Crippen molar-refractivity contribution < 1.29 is 19.1 Å². The van der Waals surface area contributed by atoms with Gasteiger partial charge < -0.3 is 14.4 Å². The fraction of sp³-hybridized carbons (Fsp3) is 0.600. The number of likely N-dealkylation sites (tertiary alicyclic amines) is 1. The number of furan rings is 1. The van der Waals surface area contributed by atoms with Gasteiger partial charge in [-0.25, -0.2) is 4.79 Å². The van der Waals surface area contributed by atoms with Crippen LogP contribution in [-0.2, 0) is 0 Å². The van der Waals surface area contributed by atoms with Gasteiger partial charge in [-0.2, -0.15) is 0 Å². The van der Waals surface area contributed by atoms with Crippen molar-refractivity contribution in [3.05, 3.63) is 23.7 Å². The molecule has 108 valence electrons. The summed E-state index contributed by atoms with van der Waals surface area (Å²) >= 11 is 0. The van der Waals surface area contributed by atoms with Crippen LogP contribution in [0.15, 0.2) is 16.7 Å². The topological polar surface area (TPSA) is 70.7 Å². The first-order valence-electron chi connectivity index (χ1n) is 7.21. The molecule has 0 radical (unpaired) electrons. The number of carbonyl (C=O) groups excluding carboxylic acids is 1. The standard InChI is InChI=1S/C15H19NO4/c17-13(12-8-11(9-20-12)14(18)19)16-7-6-15(10-16)4-2-1-3-5-15/h8-9H,1-7,10H2,(H,18,19). The Kier molecular flexibility index (Phi) is 3.28. The Morgan fingerprint density at radius 2 is 1.95 bits per heavy atom. The Bertz CT molecular complexity index is 528. The Morgan fingerprint density at radius 3 is 2.60 bits per heavy atom. The quantitative estimate of drug-likeness (QED) is 0.902. The van der Waals surface area contributed by atoms with Gasteiger partial charge in [-0.1, -0.05) is 19.3 Å². The van der Waals surface area contributed by atoms with Crippen LogP contribution in [0.3, 0.4) is 0 Å². The largest absolute Gasteiger partial charge is 0.478 e. The first kappa shape index (κ1) is 13.2. The summed E-state index contributed by atoms with van der Waals surface area (Å²) in [4.78, 5) is 25.0. The molecule has 5 nitrogen and oxygen atoms in total. The molecule has 20 heavy (non-hydrogen) atoms. The van der Waals surface area contributed by atoms with Gasteiger partial charge in [0, 0.05) is 19.2 Å². The molecule has 2 fully saturated rings. The van der Waals surface area contributed by atoms with E-state index in [0.717, 1.165) is 25.8 Å². The van der Waals surface area contributed by atoms with Crippen LogP contribution in [0.4, 0.5) is 0 Å². The van der Waals surface area contributed by atoms with Crippen LogP contribution in [-0.4, -0.2) is 35.0 Å². The molecular formula is C15H19NO4. The van der Waals surface area contributed by atoms with Gasteiger partial charge >= 0.3 is 5.97 Å². The second-order valence-corrected chi connectivity index (χ2v) is 6.04. The SMILES string of the molecule is O=C(O)c1coc(C(=O)N2CCC3(CCCCC3)C2)c1. The van der Waals surface area contributed by atoms with Crippen LogP contribution in [0.25, 0.3) is 0 Å². The Hall–Kier alpha value is -1.78. The summed E-state index contributed by atoms with van der Waals surface area (Å²) in [5.41, 5.74) is 0.329. The zero-order valence-electron chi connectivity index (χ0n) is 11.4. The molecule has 0 unspecified atom stereocenters. The maximum absolute atomic E-state index is 12.3. The highest BCUT2D eigenvalue weighted by molar-refractivity contribution is 5.95. The summed E-state index contributed by atoms with van der Waals surface area (Å²) in [5.74, 6) is -1.12. The molecule has 1 spiro atoms. The smallest absolute Gasteiger partial charge is 0.338 e. The number of carboxylic acid groups (broad SMARTS) is 1. The molecule has 1 aromatic rings. The van der Waals surface area contributed by atoms with Crippen molar-refractivity contribution in [3.8, 4) is 0 Å². The molecule has 1 aliphatic heterocycles. The molecule has 2 aliphatic rings. The minimum Gasteiger partial charge on any atom is -0.478 e. The van der Waals surface area contributed by atoms with E-state index < -0.39 is 5.97 Å². The molecule has 2 heterocycles. The van der Waals surface area contributed by atoms with Crippen LogP contribution >= 0.6 is 0 Å². The predicted octanol–water partition coefficient (Wildman–Crippen LogP) is 2.77. The van der Waals surface area contributed by atoms with Crippen molar-refractivity contribution in [2.75, 3.05) is 13.1 Å². The number of rotatable bonds is 2. The van der Waals surface area contributed by atoms with E-state index in [9.17, 15) is 9.59 Å². The Balaban J connectivity index is 1.70. The average molecular weight is 277 g/mol. The lowest BCUT2D eigenvalue weighted by Crippen LogP contribution is -2.33. The first-order chi connectivity index (χ1) is 9.60. The molecule has 0 bridgehead atoms. The lowest BCUT2D eigenvalue weighted by molar-refractivity contribution is 0.0694. The van der Waals surface area contributed by atoms with Crippen molar-refractivity contribution in [2.24, 2.45) is 5.41 Å². The van der Waals surface area contributed by atoms with E-state index in [1.54, 1.807) is 0 Å². The van der Waals surface area contributed by atoms with Crippen molar-refractivity contribution in [2.45, 2.75) is 38.5 Å². The summed E-state index contributed by atoms with van der Waals surface area (Å²) < 4.78 is 5.10. The minimum absolute atomic E-state index is 0.0277. The third-order valence-electron chi connectivity index (χ3n) is 4.70. The van der Waals surface area contributed by atoms with Crippen LogP contribution in [0, 0.1) is 5.41 Å². The number of aromatic carboxylic acids is 1. The molecule has 1 N–H and O–H groups in total. The maximum atomic E-state index is 12.3. The second-order valence-electron chi connectivity index (χ2n) is 6.04. The highest BCUT2D eigenvalue weighted by Gasteiger charge is 2.41. The summed E-state index contributed by atoms with van der Waals surface area (Å²) in [5, 5.41) is 8.86. The van der Waals surface area contributed by atoms with Gasteiger partial charge in [-0.05, 0) is 24.7 Å². The van der Waals surface area contributed by atoms with Crippen molar-refractivity contribution >= 4 is 11.9 Å². The van der Waals surface area contributed by atoms with Gasteiger partial charge in [0.15, 0.2) is 5.76 Å². The van der Waals surface area contributed by atoms with E-state index in [2.05, 4.69) is 0 Å². The Labute approximate surface area is 117 Å². The third-order valence-corrected chi connectivity index (χ3v) is 4.70. The van der Waals surface area contributed by atoms with E-state index >= 15 is 0 Å². The number of nitrogens with zero attached hydrogens (tertiary/aromatic N) is 1. The van der Waals surface area contributed by atoms with Gasteiger partial charge in [0.1, 0.15) is 6.26 Å². The van der Waals surface area contributed by atoms with E-state index in [-0.39, 0.29) is 17.2 Å². The number of hydrogen-bond acceptors (Lipinski definition) is 3. The molecule has 1 saturated carbocycles. The molecule has 1 aromatic heterocycles. The summed E-state index contributed by atoms with van der Waals surface area (Å²) in [7, 11) is 0. The molecular weight excluding hydrogens is 258 g/mol. The summed E-state index contributed by atoms with van der Waals surface area (Å²) in [6.45, 7) is 1.54. The zero-order valence-corrected chi connectivity index (χ0v) is 11.4. The summed E-state index contributed by atoms with van der Waals surface area (Å²) in [6, 6.07) is 1.32. The minimum atomic E-state index is -1.07. The number of carboxylic acids is 1. The van der Waals surface area contributed by atoms with E-state index in [4.69, 9.17) is 9.52 Å². The van der Waals surface area contributed by atoms with Crippen molar-refractivity contribution in [3.63, 3.8) is 0 Å². The van der Waals surface area contributed by atoms with Crippen LogP contribution < -0.4 is 0 Å². The van der Waals surface area contributed by atoms with E-state index in [1.165, 1.54) is 38.2 Å². The molecule has 5 heteroatoms. The van der Waals surface area contributed by atoms with E-state index in [1.807, 2.05) is 4.90 Å². The lowest BCUT2D eigenvalue weighted by Gasteiger charge is -2.33. The van der Waals surface area contributed by atoms with Gasteiger partial charge in [0.2, 0.25) is 0 Å². The highest BCUT2D eigenvalue weighted by Crippen LogP contribution is 2.43. The molecule has 3 rings (SSSR count). The molecule has 1 amide bonds. The number of amides is 1. The van der Waals surface area contributed by atoms with Crippen molar-refractivity contribution in [1.82, 2.24) is 4.90 Å². The van der Waals surface area contributed by atoms with Gasteiger partial charge in [0.05, 0.1) is 5.56 Å². The van der Waals surface area contributed by atoms with Gasteiger partial charge in [-0.3, -0.25) is 4.79 Å². The van der Waals surface area contributed by atoms with Gasteiger partial charge in [0.25, 0.3) is 5.91 Å². The van der Waals surface area contributed by atoms with Crippen LogP contribution in [0.2, 0.25) is 0 Å². The first-order valence-corrected chi connectivity index (χ1v) is 7.21. The molecule has 0 aromatic carbocycles. The molecule has 1 saturated heterocycles. The summed E-state index contributed by atoms with van der Waals surface area (Å²) in [6.07, 6.45) is 8.41. The lowest BCUT2D eigenvalue weighted by atomic mass is 9.73. The average Bonchev–Trinajstić information content (AvgIpc) is 3.07. The zero-order chi connectivity index (χ0) is 14.2. The van der Waals surface area contributed by atoms with E-state index in [0.29, 0.717) is 5.41 Å². The van der Waals surface area contributed by atoms with Crippen LogP contribution in [0.1, 0.15) is 59.4 Å². The molecule has 0 atom stereocenters. The van der Waals surface area contributed by atoms with Crippen LogP contribution in [0.5, 0.6) is 0 Å². The monoisotopic (exact) mass is 277 g/mol.